The van der Waals surface area contributed by atoms with Gasteiger partial charge in [-0.1, -0.05) is 172 Å². The average Bonchev–Trinajstić information content (AvgIpc) is 1.69. The van der Waals surface area contributed by atoms with Crippen LogP contribution in [0.25, 0.3) is 0 Å². The normalized spacial score (nSPS) is 16.8. The smallest absolute Gasteiger partial charge is 0.338 e. The first-order valence-corrected chi connectivity index (χ1v) is 48.2. The van der Waals surface area contributed by atoms with Crippen molar-refractivity contribution in [2.24, 2.45) is 0 Å². The zero-order valence-electron chi connectivity index (χ0n) is 67.6. The molecule has 3 amide bonds. The second kappa shape index (κ2) is 46.3. The number of ether oxygens (including phenoxy) is 4. The molecule has 3 aliphatic rings. The zero-order valence-corrected chi connectivity index (χ0v) is 73.6. The number of aryl methyl sites for hydroxylation is 1. The molecule has 3 aromatic heterocycles. The molecule has 6 atom stereocenters. The Morgan fingerprint density at radius 3 is 1.24 bits per heavy atom. The SMILES string of the molecule is CC#N.CCCCCC(O)c1ccc(N2C(=O)CC[C@@H]2COCc2cc(C)cs2)cc1.CCCCCC(O[Si](C)(C)C(C)(C)C)c1ccc(N2C(=O)CC[C@@H]2CO)cc1.CCCCCC(O[Si](C)(C)C(C)(C)C)c1ccc(N2C(=O)CC[C@@H]2COCc2cc(C(=O)OC)cs2)cc1.COC(=O)c1csc(CBr)c1. The molecule has 0 bridgehead atoms. The number of nitriles is 1. The number of hydrogen-bond donors (Lipinski definition) is 2. The highest BCUT2D eigenvalue weighted by atomic mass is 79.9. The lowest BCUT2D eigenvalue weighted by molar-refractivity contribution is -0.118. The first kappa shape index (κ1) is 92.9. The molecule has 108 heavy (non-hydrogen) atoms. The summed E-state index contributed by atoms with van der Waals surface area (Å²) in [4.78, 5) is 68.9. The number of carbonyl (C=O) groups excluding carboxylic acids is 5. The maximum Gasteiger partial charge on any atom is 0.338 e. The van der Waals surface area contributed by atoms with Crippen molar-refractivity contribution < 1.29 is 62.0 Å². The summed E-state index contributed by atoms with van der Waals surface area (Å²) in [5.41, 5.74) is 8.42. The molecular formula is C85H125BrN4O13S3Si2. The molecule has 596 valence electrons. The number of unbranched alkanes of at least 4 members (excludes halogenated alkanes) is 6. The number of hydrogen-bond acceptors (Lipinski definition) is 17. The van der Waals surface area contributed by atoms with E-state index in [-0.39, 0.29) is 76.7 Å². The van der Waals surface area contributed by atoms with E-state index in [2.05, 4.69) is 164 Å². The van der Waals surface area contributed by atoms with Crippen molar-refractivity contribution in [3.05, 3.63) is 155 Å². The van der Waals surface area contributed by atoms with Crippen LogP contribution in [-0.2, 0) is 60.7 Å². The number of anilines is 3. The first-order valence-electron chi connectivity index (χ1n) is 38.6. The summed E-state index contributed by atoms with van der Waals surface area (Å²) in [6.45, 7) is 35.1. The van der Waals surface area contributed by atoms with Crippen LogP contribution >= 0.6 is 49.9 Å². The number of nitrogens with zero attached hydrogens (tertiary/aromatic N) is 4. The number of carbonyl (C=O) groups is 5. The molecule has 6 heterocycles. The number of thiophene rings is 3. The van der Waals surface area contributed by atoms with E-state index >= 15 is 0 Å². The molecule has 0 aliphatic carbocycles. The van der Waals surface area contributed by atoms with Gasteiger partial charge < -0.3 is 52.7 Å². The standard InChI is InChI=1S/C30H45NO5SSi.C23H31NO3S.C23H39NO3Si.C7H7BrO2S.C2H3N/c1-8-9-10-11-27(36-38(6,7)30(2,3)4)22-12-14-24(15-13-22)31-25(16-17-28(31)32)19-35-20-26-18-23(21-37-26)29(33)34-5;1-3-4-5-6-22(25)18-7-9-19(10-8-18)24-20(11-12-23(24)26)14-27-15-21-13-17(2)16-28-21;1-7-8-9-10-21(27-28(5,6)23(2,3)4)18-11-13-19(14-12-18)24-20(17-25)15-16-22(24)26;1-10-7(9)5-2-6(3-8)11-4-5;1-2-3/h12-15,18,21,25,27H,8-11,16-17,19-20H2,1-7H3;7-10,13,16,20,22,25H,3-6,11-12,14-15H2,1-2H3;11-14,20-21,25H,7-10,15-17H2,1-6H3;2,4H,3H2,1H3;1H3/t25-,27?;20-,22?;20-,21?;;/m111../s1. The number of alkyl halides is 1. The van der Waals surface area contributed by atoms with Gasteiger partial charge in [0, 0.05) is 74.0 Å². The minimum atomic E-state index is -1.93. The van der Waals surface area contributed by atoms with E-state index in [1.54, 1.807) is 50.5 Å². The highest BCUT2D eigenvalue weighted by Gasteiger charge is 2.42. The Labute approximate surface area is 668 Å². The van der Waals surface area contributed by atoms with E-state index < -0.39 is 22.7 Å². The lowest BCUT2D eigenvalue weighted by Gasteiger charge is -2.39. The van der Waals surface area contributed by atoms with Crippen molar-refractivity contribution in [1.29, 1.82) is 5.26 Å². The molecule has 6 aromatic rings. The maximum atomic E-state index is 12.8. The van der Waals surface area contributed by atoms with Crippen molar-refractivity contribution in [3.8, 4) is 6.07 Å². The molecule has 0 radical (unpaired) electrons. The van der Waals surface area contributed by atoms with Crippen molar-refractivity contribution in [1.82, 2.24) is 0 Å². The average molecular weight is 1640 g/mol. The maximum absolute atomic E-state index is 12.8. The van der Waals surface area contributed by atoms with Crippen LogP contribution in [0.5, 0.6) is 0 Å². The predicted molar refractivity (Wildman–Crippen MR) is 451 cm³/mol. The molecule has 2 N–H and O–H groups in total. The van der Waals surface area contributed by atoms with Gasteiger partial charge in [0.05, 0.1) is 101 Å². The van der Waals surface area contributed by atoms with E-state index in [4.69, 9.17) is 28.3 Å². The summed E-state index contributed by atoms with van der Waals surface area (Å²) in [7, 11) is -1.04. The van der Waals surface area contributed by atoms with Gasteiger partial charge in [-0.25, -0.2) is 9.59 Å². The second-order valence-corrected chi connectivity index (χ2v) is 44.2. The molecule has 3 unspecified atom stereocenters. The minimum Gasteiger partial charge on any atom is -0.465 e. The van der Waals surface area contributed by atoms with Crippen LogP contribution in [0.1, 0.15) is 261 Å². The molecule has 3 aliphatic heterocycles. The van der Waals surface area contributed by atoms with Crippen molar-refractivity contribution in [2.75, 3.05) is 48.7 Å². The largest absolute Gasteiger partial charge is 0.465 e. The number of halogens is 1. The molecule has 9 rings (SSSR count). The first-order chi connectivity index (χ1) is 51.3. The molecule has 17 nitrogen and oxygen atoms in total. The summed E-state index contributed by atoms with van der Waals surface area (Å²) in [6.07, 6.45) is 16.9. The summed E-state index contributed by atoms with van der Waals surface area (Å²) in [6, 6.07) is 32.0. The molecule has 23 heteroatoms. The Bertz CT molecular complexity index is 3710. The van der Waals surface area contributed by atoms with Crippen LogP contribution in [0.2, 0.25) is 36.3 Å². The predicted octanol–water partition coefficient (Wildman–Crippen LogP) is 22.0. The lowest BCUT2D eigenvalue weighted by atomic mass is 10.0. The minimum absolute atomic E-state index is 0.00257. The highest BCUT2D eigenvalue weighted by Crippen LogP contribution is 2.44. The zero-order chi connectivity index (χ0) is 79.8. The lowest BCUT2D eigenvalue weighted by Crippen LogP contribution is -2.41. The van der Waals surface area contributed by atoms with Gasteiger partial charge >= 0.3 is 11.9 Å². The van der Waals surface area contributed by atoms with Gasteiger partial charge in [0.25, 0.3) is 0 Å². The van der Waals surface area contributed by atoms with Crippen LogP contribution in [-0.4, -0.2) is 109 Å². The molecule has 0 spiro atoms. The van der Waals surface area contributed by atoms with E-state index in [1.165, 1.54) is 79.7 Å². The number of benzene rings is 3. The van der Waals surface area contributed by atoms with Crippen molar-refractivity contribution in [3.63, 3.8) is 0 Å². The van der Waals surface area contributed by atoms with Crippen LogP contribution in [0.3, 0.4) is 0 Å². The number of methoxy groups -OCH3 is 2. The molecule has 3 saturated heterocycles. The van der Waals surface area contributed by atoms with E-state index in [1.807, 2.05) is 52.3 Å². The van der Waals surface area contributed by atoms with Crippen LogP contribution in [0, 0.1) is 18.3 Å². The summed E-state index contributed by atoms with van der Waals surface area (Å²) < 4.78 is 34.9. The van der Waals surface area contributed by atoms with Gasteiger partial charge in [0.15, 0.2) is 16.6 Å². The molecule has 0 saturated carbocycles. The monoisotopic (exact) mass is 1640 g/mol. The molecule has 3 aromatic carbocycles. The van der Waals surface area contributed by atoms with Gasteiger partial charge in [-0.15, -0.1) is 34.0 Å². The fourth-order valence-electron chi connectivity index (χ4n) is 12.4. The Morgan fingerprint density at radius 2 is 0.898 bits per heavy atom. The quantitative estimate of drug-likeness (QED) is 0.0166. The number of esters is 2. The highest BCUT2D eigenvalue weighted by molar-refractivity contribution is 9.08. The van der Waals surface area contributed by atoms with Gasteiger partial charge in [-0.05, 0) is 164 Å². The number of amides is 3. The van der Waals surface area contributed by atoms with Gasteiger partial charge in [0.2, 0.25) is 17.7 Å². The summed E-state index contributed by atoms with van der Waals surface area (Å²) in [5, 5.41) is 34.0. The van der Waals surface area contributed by atoms with Crippen molar-refractivity contribution >= 4 is 113 Å². The topological polar surface area (TPSA) is 215 Å². The Kier molecular flexibility index (Phi) is 39.8. The Balaban J connectivity index is 0.000000269. The third kappa shape index (κ3) is 28.8. The fraction of sp³-hybridized carbons (Fsp3) is 0.576. The molecular weight excluding hydrogens is 1520 g/mol. The summed E-state index contributed by atoms with van der Waals surface area (Å²) in [5.74, 6) is -0.229. The number of aliphatic hydroxyl groups excluding tert-OH is 2. The Hall–Kier alpha value is -5.73. The van der Waals surface area contributed by atoms with Gasteiger partial charge in [-0.2, -0.15) is 5.26 Å². The fourth-order valence-corrected chi connectivity index (χ4v) is 17.9. The van der Waals surface area contributed by atoms with E-state index in [0.29, 0.717) is 56.8 Å². The number of rotatable bonds is 34. The number of aliphatic hydroxyl groups is 2. The third-order valence-corrected chi connectivity index (χ3v) is 33.5. The van der Waals surface area contributed by atoms with E-state index in [0.717, 1.165) is 108 Å². The van der Waals surface area contributed by atoms with Gasteiger partial charge in [0.1, 0.15) is 0 Å². The van der Waals surface area contributed by atoms with Crippen LogP contribution in [0.4, 0.5) is 17.1 Å². The summed E-state index contributed by atoms with van der Waals surface area (Å²) >= 11 is 8.03. The van der Waals surface area contributed by atoms with Crippen LogP contribution < -0.4 is 14.7 Å². The third-order valence-electron chi connectivity index (χ3n) is 20.7. The van der Waals surface area contributed by atoms with Crippen LogP contribution in [0.15, 0.2) is 107 Å². The Morgan fingerprint density at radius 1 is 0.556 bits per heavy atom. The van der Waals surface area contributed by atoms with E-state index in [9.17, 15) is 34.2 Å². The molecule has 3 fully saturated rings. The second-order valence-electron chi connectivity index (χ2n) is 31.1. The van der Waals surface area contributed by atoms with Gasteiger partial charge in [-0.3, -0.25) is 14.4 Å². The van der Waals surface area contributed by atoms with Crippen molar-refractivity contribution in [2.45, 2.75) is 283 Å².